The summed E-state index contributed by atoms with van der Waals surface area (Å²) >= 11 is 0. The number of amides is 2. The summed E-state index contributed by atoms with van der Waals surface area (Å²) in [5.74, 6) is -6.51. The van der Waals surface area contributed by atoms with Gasteiger partial charge in [0, 0.05) is 5.69 Å². The highest BCUT2D eigenvalue weighted by atomic mass is 19.2. The number of benzene rings is 2. The van der Waals surface area contributed by atoms with Gasteiger partial charge in [0.1, 0.15) is 0 Å². The number of carbonyl (C=O) groups is 2. The quantitative estimate of drug-likeness (QED) is 0.843. The third-order valence-corrected chi connectivity index (χ3v) is 2.96. The van der Waals surface area contributed by atoms with Crippen molar-refractivity contribution in [2.75, 3.05) is 11.9 Å². The van der Waals surface area contributed by atoms with Crippen LogP contribution in [0.5, 0.6) is 0 Å². The number of halogens is 3. The van der Waals surface area contributed by atoms with Crippen molar-refractivity contribution >= 4 is 17.5 Å². The lowest BCUT2D eigenvalue weighted by Gasteiger charge is -2.08. The van der Waals surface area contributed by atoms with Gasteiger partial charge in [0.05, 0.1) is 23.7 Å². The largest absolute Gasteiger partial charge is 0.343 e. The highest BCUT2D eigenvalue weighted by molar-refractivity contribution is 5.99. The van der Waals surface area contributed by atoms with Crippen LogP contribution in [0.15, 0.2) is 36.4 Å². The fourth-order valence-electron chi connectivity index (χ4n) is 1.83. The SMILES string of the molecule is N#Cc1cccc(NC(=O)CNC(=O)c2ccc(F)c(F)c2F)c1. The fraction of sp³-hybridized carbons (Fsp3) is 0.0625. The second-order valence-corrected chi connectivity index (χ2v) is 4.65. The Balaban J connectivity index is 1.98. The number of nitriles is 1. The van der Waals surface area contributed by atoms with Crippen molar-refractivity contribution in [2.45, 2.75) is 0 Å². The van der Waals surface area contributed by atoms with E-state index in [1.54, 1.807) is 12.1 Å². The summed E-state index contributed by atoms with van der Waals surface area (Å²) in [5, 5.41) is 13.3. The van der Waals surface area contributed by atoms with E-state index in [9.17, 15) is 22.8 Å². The van der Waals surface area contributed by atoms with Gasteiger partial charge in [-0.3, -0.25) is 9.59 Å². The van der Waals surface area contributed by atoms with E-state index in [-0.39, 0.29) is 0 Å². The molecule has 2 N–H and O–H groups in total. The smallest absolute Gasteiger partial charge is 0.254 e. The monoisotopic (exact) mass is 333 g/mol. The van der Waals surface area contributed by atoms with Crippen molar-refractivity contribution in [2.24, 2.45) is 0 Å². The van der Waals surface area contributed by atoms with Gasteiger partial charge < -0.3 is 10.6 Å². The first kappa shape index (κ1) is 17.0. The summed E-state index contributed by atoms with van der Waals surface area (Å²) in [6.07, 6.45) is 0. The molecular formula is C16H10F3N3O2. The van der Waals surface area contributed by atoms with Gasteiger partial charge in [-0.1, -0.05) is 6.07 Å². The molecule has 0 radical (unpaired) electrons. The molecule has 5 nitrogen and oxygen atoms in total. The maximum atomic E-state index is 13.5. The molecule has 2 rings (SSSR count). The van der Waals surface area contributed by atoms with E-state index in [1.807, 2.05) is 6.07 Å². The zero-order chi connectivity index (χ0) is 17.7. The lowest BCUT2D eigenvalue weighted by molar-refractivity contribution is -0.115. The standard InChI is InChI=1S/C16H10F3N3O2/c17-12-5-4-11(14(18)15(12)19)16(24)21-8-13(23)22-10-3-1-2-9(6-10)7-20/h1-6H,8H2,(H,21,24)(H,22,23). The van der Waals surface area contributed by atoms with E-state index in [0.717, 1.165) is 6.07 Å². The maximum Gasteiger partial charge on any atom is 0.254 e. The van der Waals surface area contributed by atoms with Crippen LogP contribution in [0.25, 0.3) is 0 Å². The van der Waals surface area contributed by atoms with Crippen LogP contribution in [0.1, 0.15) is 15.9 Å². The molecule has 2 amide bonds. The summed E-state index contributed by atoms with van der Waals surface area (Å²) in [5.41, 5.74) is -0.0406. The van der Waals surface area contributed by atoms with E-state index in [2.05, 4.69) is 10.6 Å². The molecule has 0 bridgehead atoms. The van der Waals surface area contributed by atoms with Crippen LogP contribution in [0.4, 0.5) is 18.9 Å². The maximum absolute atomic E-state index is 13.5. The van der Waals surface area contributed by atoms with Crippen molar-refractivity contribution in [3.05, 3.63) is 65.0 Å². The molecule has 8 heteroatoms. The Bertz CT molecular complexity index is 847. The third kappa shape index (κ3) is 3.89. The van der Waals surface area contributed by atoms with Crippen molar-refractivity contribution in [3.8, 4) is 6.07 Å². The predicted octanol–water partition coefficient (Wildman–Crippen LogP) is 2.34. The first-order valence-corrected chi connectivity index (χ1v) is 6.64. The topological polar surface area (TPSA) is 82.0 Å². The summed E-state index contributed by atoms with van der Waals surface area (Å²) in [6, 6.07) is 9.35. The highest BCUT2D eigenvalue weighted by Crippen LogP contribution is 2.15. The van der Waals surface area contributed by atoms with E-state index in [4.69, 9.17) is 5.26 Å². The second kappa shape index (κ2) is 7.28. The lowest BCUT2D eigenvalue weighted by Crippen LogP contribution is -2.33. The van der Waals surface area contributed by atoms with Crippen molar-refractivity contribution in [1.29, 1.82) is 5.26 Å². The van der Waals surface area contributed by atoms with Crippen molar-refractivity contribution < 1.29 is 22.8 Å². The zero-order valence-electron chi connectivity index (χ0n) is 12.1. The van der Waals surface area contributed by atoms with Gasteiger partial charge in [-0.25, -0.2) is 13.2 Å². The second-order valence-electron chi connectivity index (χ2n) is 4.65. The predicted molar refractivity (Wildman–Crippen MR) is 78.4 cm³/mol. The molecule has 0 saturated carbocycles. The molecule has 2 aromatic rings. The lowest BCUT2D eigenvalue weighted by atomic mass is 10.2. The van der Waals surface area contributed by atoms with Crippen molar-refractivity contribution in [1.82, 2.24) is 5.32 Å². The molecule has 0 unspecified atom stereocenters. The first-order valence-electron chi connectivity index (χ1n) is 6.64. The molecule has 2 aromatic carbocycles. The molecule has 0 heterocycles. The number of hydrogen-bond donors (Lipinski definition) is 2. The fourth-order valence-corrected chi connectivity index (χ4v) is 1.83. The molecular weight excluding hydrogens is 323 g/mol. The van der Waals surface area contributed by atoms with Gasteiger partial charge in [-0.15, -0.1) is 0 Å². The molecule has 0 saturated heterocycles. The van der Waals surface area contributed by atoms with Crippen LogP contribution in [-0.2, 0) is 4.79 Å². The van der Waals surface area contributed by atoms with E-state index in [0.29, 0.717) is 17.3 Å². The van der Waals surface area contributed by atoms with E-state index in [1.165, 1.54) is 12.1 Å². The summed E-state index contributed by atoms with van der Waals surface area (Å²) in [6.45, 7) is -0.520. The molecule has 0 spiro atoms. The Morgan fingerprint density at radius 2 is 1.83 bits per heavy atom. The number of carbonyl (C=O) groups excluding carboxylic acids is 2. The normalized spacial score (nSPS) is 9.92. The number of nitrogens with zero attached hydrogens (tertiary/aromatic N) is 1. The minimum absolute atomic E-state index is 0.334. The van der Waals surface area contributed by atoms with Crippen LogP contribution in [0.3, 0.4) is 0 Å². The van der Waals surface area contributed by atoms with E-state index >= 15 is 0 Å². The van der Waals surface area contributed by atoms with Crippen molar-refractivity contribution in [3.63, 3.8) is 0 Å². The minimum atomic E-state index is -1.76. The minimum Gasteiger partial charge on any atom is -0.343 e. The Hall–Kier alpha value is -3.34. The van der Waals surface area contributed by atoms with Gasteiger partial charge in [-0.2, -0.15) is 5.26 Å². The third-order valence-electron chi connectivity index (χ3n) is 2.96. The molecule has 0 aromatic heterocycles. The highest BCUT2D eigenvalue weighted by Gasteiger charge is 2.19. The molecule has 122 valence electrons. The van der Waals surface area contributed by atoms with Gasteiger partial charge in [-0.05, 0) is 30.3 Å². The number of hydrogen-bond acceptors (Lipinski definition) is 3. The van der Waals surface area contributed by atoms with Crippen LogP contribution < -0.4 is 10.6 Å². The van der Waals surface area contributed by atoms with Crippen LogP contribution in [-0.4, -0.2) is 18.4 Å². The number of anilines is 1. The summed E-state index contributed by atoms with van der Waals surface area (Å²) in [7, 11) is 0. The van der Waals surface area contributed by atoms with Gasteiger partial charge in [0.25, 0.3) is 5.91 Å². The van der Waals surface area contributed by atoms with Crippen LogP contribution in [0.2, 0.25) is 0 Å². The average Bonchev–Trinajstić information content (AvgIpc) is 2.58. The molecule has 0 aliphatic rings. The molecule has 0 fully saturated rings. The molecule has 0 aliphatic carbocycles. The molecule has 24 heavy (non-hydrogen) atoms. The summed E-state index contributed by atoms with van der Waals surface area (Å²) < 4.78 is 39.3. The van der Waals surface area contributed by atoms with Crippen LogP contribution >= 0.6 is 0 Å². The van der Waals surface area contributed by atoms with Crippen LogP contribution in [0, 0.1) is 28.8 Å². The molecule has 0 atom stereocenters. The van der Waals surface area contributed by atoms with Gasteiger partial charge in [0.15, 0.2) is 17.5 Å². The Kier molecular flexibility index (Phi) is 5.16. The first-order chi connectivity index (χ1) is 11.4. The Labute approximate surface area is 134 Å². The Morgan fingerprint density at radius 3 is 2.54 bits per heavy atom. The summed E-state index contributed by atoms with van der Waals surface area (Å²) in [4.78, 5) is 23.4. The van der Waals surface area contributed by atoms with Gasteiger partial charge in [0.2, 0.25) is 5.91 Å². The molecule has 0 aliphatic heterocycles. The zero-order valence-corrected chi connectivity index (χ0v) is 12.1. The number of nitrogens with one attached hydrogen (secondary N) is 2. The van der Waals surface area contributed by atoms with E-state index < -0.39 is 41.4 Å². The Morgan fingerprint density at radius 1 is 1.08 bits per heavy atom. The number of rotatable bonds is 4. The van der Waals surface area contributed by atoms with Gasteiger partial charge >= 0.3 is 0 Å². The average molecular weight is 333 g/mol.